The van der Waals surface area contributed by atoms with Crippen LogP contribution in [-0.4, -0.2) is 123 Å². The number of nitrogens with one attached hydrogen (secondary N) is 6. The molecule has 5 rings (SSSR count). The second-order valence-corrected chi connectivity index (χ2v) is 21.3. The van der Waals surface area contributed by atoms with Gasteiger partial charge >= 0.3 is 11.9 Å². The number of phenols is 2. The van der Waals surface area contributed by atoms with Crippen molar-refractivity contribution in [2.75, 3.05) is 13.2 Å². The van der Waals surface area contributed by atoms with Gasteiger partial charge in [-0.25, -0.2) is 0 Å². The fourth-order valence-electron chi connectivity index (χ4n) is 8.30. The minimum absolute atomic E-state index is 0.0353. The van der Waals surface area contributed by atoms with Crippen LogP contribution in [0.3, 0.4) is 0 Å². The number of Topliss-reactive ketones (excluding diaryl/α,β-unsaturated/α-hetero) is 2. The molecule has 0 heterocycles. The summed E-state index contributed by atoms with van der Waals surface area (Å²) in [6, 6.07) is 13.8. The van der Waals surface area contributed by atoms with Crippen LogP contribution in [0.1, 0.15) is 92.9 Å². The summed E-state index contributed by atoms with van der Waals surface area (Å²) in [5, 5.41) is 53.3. The van der Waals surface area contributed by atoms with E-state index in [1.807, 2.05) is 0 Å². The number of aromatic hydroxyl groups is 2. The zero-order valence-electron chi connectivity index (χ0n) is 47.6. The number of aliphatic carboxylic acids is 2. The summed E-state index contributed by atoms with van der Waals surface area (Å²) in [5.74, 6) is -11.4. The van der Waals surface area contributed by atoms with Crippen LogP contribution in [0.4, 0.5) is 0 Å². The third-order valence-electron chi connectivity index (χ3n) is 13.1. The maximum atomic E-state index is 14.1. The Hall–Kier alpha value is -9.49. The van der Waals surface area contributed by atoms with Gasteiger partial charge in [-0.3, -0.25) is 52.7 Å². The van der Waals surface area contributed by atoms with Gasteiger partial charge < -0.3 is 67.5 Å². The highest BCUT2D eigenvalue weighted by Gasteiger charge is 2.32. The summed E-state index contributed by atoms with van der Waals surface area (Å²) in [6.07, 6.45) is -1.76. The molecule has 0 bridgehead atoms. The van der Waals surface area contributed by atoms with Crippen molar-refractivity contribution in [3.05, 3.63) is 174 Å². The molecule has 0 radical (unpaired) electrons. The number of benzene rings is 5. The predicted molar refractivity (Wildman–Crippen MR) is 326 cm³/mol. The van der Waals surface area contributed by atoms with Crippen LogP contribution in [0.5, 0.6) is 23.0 Å². The molecule has 0 aromatic heterocycles. The van der Waals surface area contributed by atoms with Crippen LogP contribution in [0.15, 0.2) is 115 Å². The predicted octanol–water partition coefficient (Wildman–Crippen LogP) is 5.87. The van der Waals surface area contributed by atoms with E-state index >= 15 is 0 Å². The number of ketones is 2. The number of allylic oxidation sites excluding steroid dienone is 2. The monoisotopic (exact) mass is 1300 g/mol. The highest BCUT2D eigenvalue weighted by Crippen LogP contribution is 2.37. The van der Waals surface area contributed by atoms with E-state index in [0.29, 0.717) is 24.0 Å². The summed E-state index contributed by atoms with van der Waals surface area (Å²) in [6.45, 7) is 8.48. The second kappa shape index (κ2) is 33.0. The second-order valence-electron chi connectivity index (χ2n) is 19.8. The van der Waals surface area contributed by atoms with E-state index in [4.69, 9.17) is 61.6 Å². The number of nitrogens with two attached hydrogens (primary N) is 1. The molecule has 470 valence electrons. The van der Waals surface area contributed by atoms with Crippen LogP contribution in [-0.2, 0) is 64.3 Å². The van der Waals surface area contributed by atoms with Gasteiger partial charge in [-0.05, 0) is 107 Å². The van der Waals surface area contributed by atoms with E-state index < -0.39 is 115 Å². The van der Waals surface area contributed by atoms with E-state index in [1.165, 1.54) is 91.0 Å². The molecule has 89 heavy (non-hydrogen) atoms. The molecule has 28 heteroatoms. The number of carbonyl (C=O) groups is 11. The fraction of sp³-hybridized carbons (Fsp3) is 0.262. The number of primary amides is 1. The van der Waals surface area contributed by atoms with Gasteiger partial charge in [-0.15, -0.1) is 0 Å². The lowest BCUT2D eigenvalue weighted by molar-refractivity contribution is -0.141. The number of carboxylic acids is 2. The molecular weight excluding hydrogens is 1240 g/mol. The average Bonchev–Trinajstić information content (AvgIpc) is 2.24. The molecule has 5 aromatic carbocycles. The zero-order chi connectivity index (χ0) is 65.8. The third-order valence-corrected chi connectivity index (χ3v) is 14.9. The molecule has 24 nitrogen and oxygen atoms in total. The van der Waals surface area contributed by atoms with Crippen LogP contribution in [0.2, 0.25) is 20.1 Å². The lowest BCUT2D eigenvalue weighted by Gasteiger charge is -2.23. The number of hydrogen-bond donors (Lipinski definition) is 11. The Bertz CT molecular complexity index is 3360. The first-order valence-corrected chi connectivity index (χ1v) is 28.4. The lowest BCUT2D eigenvalue weighted by atomic mass is 10.0. The largest absolute Gasteiger partial charge is 0.508 e. The summed E-state index contributed by atoms with van der Waals surface area (Å²) >= 11 is 25.3. The van der Waals surface area contributed by atoms with Gasteiger partial charge in [0.15, 0.2) is 24.8 Å². The van der Waals surface area contributed by atoms with Crippen LogP contribution in [0, 0.1) is 0 Å². The van der Waals surface area contributed by atoms with Crippen LogP contribution in [0.25, 0.3) is 0 Å². The molecule has 0 aliphatic carbocycles. The molecule has 5 aromatic rings. The van der Waals surface area contributed by atoms with Gasteiger partial charge in [0, 0.05) is 42.6 Å². The maximum absolute atomic E-state index is 14.1. The Morgan fingerprint density at radius 1 is 0.483 bits per heavy atom. The first kappa shape index (κ1) is 70.3. The first-order valence-electron chi connectivity index (χ1n) is 26.9. The molecule has 4 atom stereocenters. The molecular formula is C61H61Cl4N7O17. The minimum Gasteiger partial charge on any atom is -0.508 e. The van der Waals surface area contributed by atoms with E-state index in [-0.39, 0.29) is 108 Å². The third kappa shape index (κ3) is 20.8. The molecule has 0 aliphatic rings. The lowest BCUT2D eigenvalue weighted by Crippen LogP contribution is -2.55. The van der Waals surface area contributed by atoms with Gasteiger partial charge in [0.05, 0.1) is 22.9 Å². The maximum Gasteiger partial charge on any atom is 0.305 e. The van der Waals surface area contributed by atoms with Gasteiger partial charge in [-0.1, -0.05) is 104 Å². The molecule has 0 unspecified atom stereocenters. The summed E-state index contributed by atoms with van der Waals surface area (Å²) < 4.78 is 11.0. The molecule has 0 spiro atoms. The Balaban J connectivity index is 1.30. The van der Waals surface area contributed by atoms with Gasteiger partial charge in [0.2, 0.25) is 29.5 Å². The fourth-order valence-corrected chi connectivity index (χ4v) is 9.22. The normalized spacial score (nSPS) is 12.1. The van der Waals surface area contributed by atoms with Gasteiger partial charge in [-0.2, -0.15) is 0 Å². The van der Waals surface area contributed by atoms with Crippen molar-refractivity contribution in [3.63, 3.8) is 0 Å². The Kier molecular flexibility index (Phi) is 26.1. The number of halogens is 4. The van der Waals surface area contributed by atoms with Crippen LogP contribution >= 0.6 is 46.4 Å². The summed E-state index contributed by atoms with van der Waals surface area (Å²) in [5.41, 5.74) is 7.43. The summed E-state index contributed by atoms with van der Waals surface area (Å²) in [4.78, 5) is 144. The highest BCUT2D eigenvalue weighted by atomic mass is 35.5. The molecule has 12 N–H and O–H groups in total. The minimum atomic E-state index is -1.79. The van der Waals surface area contributed by atoms with E-state index in [0.717, 1.165) is 0 Å². The van der Waals surface area contributed by atoms with Crippen LogP contribution < -0.4 is 47.1 Å². The number of carboxylic acid groups (broad SMARTS) is 2. The average molecular weight is 1310 g/mol. The van der Waals surface area contributed by atoms with E-state index in [1.54, 1.807) is 13.8 Å². The topological polar surface area (TPSA) is 385 Å². The van der Waals surface area contributed by atoms with Crippen molar-refractivity contribution in [3.8, 4) is 23.0 Å². The Morgan fingerprint density at radius 2 is 0.843 bits per heavy atom. The number of hydrogen-bond acceptors (Lipinski definition) is 15. The molecule has 7 amide bonds. The molecule has 0 saturated carbocycles. The number of rotatable bonds is 33. The van der Waals surface area contributed by atoms with Crippen molar-refractivity contribution < 1.29 is 82.6 Å². The van der Waals surface area contributed by atoms with Gasteiger partial charge in [0.1, 0.15) is 57.2 Å². The summed E-state index contributed by atoms with van der Waals surface area (Å²) in [7, 11) is 0. The molecule has 0 saturated heterocycles. The van der Waals surface area contributed by atoms with E-state index in [2.05, 4.69) is 45.1 Å². The number of phenolic OH excluding ortho intramolecular Hbond substituents is 2. The number of amides is 7. The van der Waals surface area contributed by atoms with Crippen molar-refractivity contribution in [2.45, 2.75) is 89.6 Å². The Labute approximate surface area is 529 Å². The SMILES string of the molecule is C=C(CC)C(=O)c1ccc(OCC(=O)N[C@@H](CC(=O)O)C(=O)N[C@@H](Cc2ccc(O)cc2)C(=O)NCc2cc(CNC(=O)[C@H](Cc3ccc(O)cc3)NC(=O)[C@H](CC(=O)O)NC(=O)COc3ccc(C(=O)C(=C)CC)c(Cl)c3Cl)cc(C(N)=O)c2)c(Cl)c1Cl. The highest BCUT2D eigenvalue weighted by molar-refractivity contribution is 6.46. The van der Waals surface area contributed by atoms with Crippen molar-refractivity contribution >= 4 is 111 Å². The smallest absolute Gasteiger partial charge is 0.305 e. The molecule has 0 aliphatic heterocycles. The standard InChI is InChI=1S/C61H61Cl4N7O17/c1-5-30(3)55(81)39-15-17-45(53(64)51(39)62)88-28-47(75)69-43(24-49(77)78)60(86)71-41(22-32-7-11-37(73)12-8-32)58(84)67-26-34-19-35(21-36(20-34)57(66)83)27-68-59(85)42(23-33-9-13-38(74)14-10-33)72-61(87)44(25-50(79)80)70-48(76)29-89-46-18-16-40(52(63)54(46)65)56(82)31(4)6-2/h7-21,41-44,73-74H,3-6,22-29H2,1-2H3,(H2,66,83)(H,67,84)(H,68,85)(H,69,75)(H,70,76)(H,71,86)(H,72,87)(H,77,78)(H,79,80)/t41-,42-,43-,44-/m0/s1. The molecule has 0 fully saturated rings. The number of carbonyl (C=O) groups excluding carboxylic acids is 9. The van der Waals surface area contributed by atoms with Crippen molar-refractivity contribution in [1.82, 2.24) is 31.9 Å². The number of ether oxygens (including phenoxy) is 2. The van der Waals surface area contributed by atoms with Crippen molar-refractivity contribution in [2.24, 2.45) is 5.73 Å². The first-order chi connectivity index (χ1) is 42.1. The quantitative estimate of drug-likeness (QED) is 0.0173. The zero-order valence-corrected chi connectivity index (χ0v) is 50.7. The van der Waals surface area contributed by atoms with E-state index in [9.17, 15) is 73.2 Å². The van der Waals surface area contributed by atoms with Gasteiger partial charge in [0.25, 0.3) is 11.8 Å². The Morgan fingerprint density at radius 3 is 1.17 bits per heavy atom. The van der Waals surface area contributed by atoms with Crippen molar-refractivity contribution in [1.29, 1.82) is 0 Å².